The predicted octanol–water partition coefficient (Wildman–Crippen LogP) is 0.195. The van der Waals surface area contributed by atoms with E-state index in [0.29, 0.717) is 9.88 Å². The Morgan fingerprint density at radius 2 is 2.54 bits per heavy atom. The van der Waals surface area contributed by atoms with Crippen molar-refractivity contribution < 1.29 is 9.90 Å². The molecule has 0 atom stereocenters. The van der Waals surface area contributed by atoms with Crippen LogP contribution in [0.4, 0.5) is 4.79 Å². The van der Waals surface area contributed by atoms with E-state index in [1.165, 1.54) is 17.5 Å². The molecule has 7 heteroatoms. The molecule has 1 rings (SSSR count). The molecule has 0 aliphatic rings. The van der Waals surface area contributed by atoms with Gasteiger partial charge in [-0.1, -0.05) is 0 Å². The molecular weight excluding hydrogens is 192 g/mol. The van der Waals surface area contributed by atoms with Crippen LogP contribution >= 0.6 is 11.3 Å². The van der Waals surface area contributed by atoms with Gasteiger partial charge in [-0.15, -0.1) is 11.3 Å². The molecule has 13 heavy (non-hydrogen) atoms. The van der Waals surface area contributed by atoms with E-state index in [2.05, 4.69) is 10.3 Å². The van der Waals surface area contributed by atoms with E-state index in [-0.39, 0.29) is 12.4 Å². The normalized spacial score (nSPS) is 9.54. The Morgan fingerprint density at radius 1 is 1.85 bits per heavy atom. The summed E-state index contributed by atoms with van der Waals surface area (Å²) in [6.45, 7) is 0.146. The van der Waals surface area contributed by atoms with Gasteiger partial charge in [0.05, 0.1) is 11.4 Å². The van der Waals surface area contributed by atoms with Crippen molar-refractivity contribution in [2.24, 2.45) is 5.73 Å². The van der Waals surface area contributed by atoms with Crippen molar-refractivity contribution in [1.29, 1.82) is 5.41 Å². The molecule has 0 spiro atoms. The standard InChI is InChI=1S/C6H8N4O2S/c7-5(8)3-1-9-4(13-3)2-10-6(11)12/h1,10H,2H2,(H3,7,8)(H,11,12). The van der Waals surface area contributed by atoms with Crippen LogP contribution in [0.3, 0.4) is 0 Å². The van der Waals surface area contributed by atoms with Gasteiger partial charge in [-0.3, -0.25) is 5.41 Å². The zero-order valence-electron chi connectivity index (χ0n) is 6.57. The van der Waals surface area contributed by atoms with Crippen LogP contribution in [0.1, 0.15) is 9.88 Å². The Kier molecular flexibility index (Phi) is 2.80. The van der Waals surface area contributed by atoms with Crippen LogP contribution in [-0.4, -0.2) is 22.0 Å². The van der Waals surface area contributed by atoms with Crippen molar-refractivity contribution in [3.05, 3.63) is 16.1 Å². The third-order valence-electron chi connectivity index (χ3n) is 1.21. The quantitative estimate of drug-likeness (QED) is 0.412. The SMILES string of the molecule is N=C(N)c1cnc(CNC(=O)O)s1. The lowest BCUT2D eigenvalue weighted by Crippen LogP contribution is -2.19. The van der Waals surface area contributed by atoms with E-state index in [1.54, 1.807) is 0 Å². The molecule has 0 unspecified atom stereocenters. The Labute approximate surface area is 77.9 Å². The van der Waals surface area contributed by atoms with E-state index in [9.17, 15) is 4.79 Å². The van der Waals surface area contributed by atoms with Crippen molar-refractivity contribution >= 4 is 23.3 Å². The highest BCUT2D eigenvalue weighted by Gasteiger charge is 2.04. The summed E-state index contributed by atoms with van der Waals surface area (Å²) in [5, 5.41) is 18.1. The summed E-state index contributed by atoms with van der Waals surface area (Å²) in [6.07, 6.45) is 0.353. The van der Waals surface area contributed by atoms with Crippen molar-refractivity contribution in [3.8, 4) is 0 Å². The van der Waals surface area contributed by atoms with Crippen molar-refractivity contribution in [2.45, 2.75) is 6.54 Å². The average molecular weight is 200 g/mol. The van der Waals surface area contributed by atoms with Gasteiger partial charge in [0.15, 0.2) is 0 Å². The number of hydrogen-bond donors (Lipinski definition) is 4. The van der Waals surface area contributed by atoms with Crippen LogP contribution < -0.4 is 11.1 Å². The van der Waals surface area contributed by atoms with Crippen LogP contribution in [0.15, 0.2) is 6.20 Å². The van der Waals surface area contributed by atoms with Gasteiger partial charge < -0.3 is 16.2 Å². The third-order valence-corrected chi connectivity index (χ3v) is 2.24. The minimum absolute atomic E-state index is 0.0564. The highest BCUT2D eigenvalue weighted by atomic mass is 32.1. The van der Waals surface area contributed by atoms with Crippen molar-refractivity contribution in [2.75, 3.05) is 0 Å². The lowest BCUT2D eigenvalue weighted by Gasteiger charge is -1.94. The van der Waals surface area contributed by atoms with Gasteiger partial charge in [0.1, 0.15) is 10.8 Å². The second-order valence-corrected chi connectivity index (χ2v) is 3.31. The number of rotatable bonds is 3. The largest absolute Gasteiger partial charge is 0.465 e. The number of aromatic nitrogens is 1. The summed E-state index contributed by atoms with van der Waals surface area (Å²) in [7, 11) is 0. The maximum atomic E-state index is 10.1. The van der Waals surface area contributed by atoms with E-state index >= 15 is 0 Å². The second kappa shape index (κ2) is 3.85. The van der Waals surface area contributed by atoms with Crippen molar-refractivity contribution in [3.63, 3.8) is 0 Å². The van der Waals surface area contributed by atoms with Crippen LogP contribution in [-0.2, 0) is 6.54 Å². The zero-order chi connectivity index (χ0) is 9.84. The Morgan fingerprint density at radius 3 is 3.00 bits per heavy atom. The molecule has 1 aromatic heterocycles. The first-order valence-corrected chi connectivity index (χ1v) is 4.17. The Hall–Kier alpha value is -1.63. The summed E-state index contributed by atoms with van der Waals surface area (Å²) < 4.78 is 0. The smallest absolute Gasteiger partial charge is 0.405 e. The van der Waals surface area contributed by atoms with Gasteiger partial charge in [-0.25, -0.2) is 9.78 Å². The van der Waals surface area contributed by atoms with Gasteiger partial charge in [-0.05, 0) is 0 Å². The molecule has 0 bridgehead atoms. The fourth-order valence-electron chi connectivity index (χ4n) is 0.668. The number of nitrogens with two attached hydrogens (primary N) is 1. The number of thiazole rings is 1. The van der Waals surface area contributed by atoms with Crippen LogP contribution in [0, 0.1) is 5.41 Å². The summed E-state index contributed by atoms with van der Waals surface area (Å²) in [6, 6.07) is 0. The molecule has 0 aromatic carbocycles. The van der Waals surface area contributed by atoms with E-state index < -0.39 is 6.09 Å². The number of nitrogens with one attached hydrogen (secondary N) is 2. The molecule has 5 N–H and O–H groups in total. The lowest BCUT2D eigenvalue weighted by molar-refractivity contribution is 0.194. The second-order valence-electron chi connectivity index (χ2n) is 2.19. The molecule has 0 aliphatic heterocycles. The number of amidine groups is 1. The molecule has 0 saturated heterocycles. The van der Waals surface area contributed by atoms with Crippen LogP contribution in [0.2, 0.25) is 0 Å². The summed E-state index contributed by atoms with van der Waals surface area (Å²) >= 11 is 1.20. The van der Waals surface area contributed by atoms with E-state index in [0.717, 1.165) is 0 Å². The van der Waals surface area contributed by atoms with Crippen LogP contribution in [0.25, 0.3) is 0 Å². The molecule has 70 valence electrons. The number of nitrogens with zero attached hydrogens (tertiary/aromatic N) is 1. The molecule has 0 aliphatic carbocycles. The zero-order valence-corrected chi connectivity index (χ0v) is 7.39. The number of nitrogen functional groups attached to an aromatic ring is 1. The Bertz CT molecular complexity index is 335. The predicted molar refractivity (Wildman–Crippen MR) is 48.0 cm³/mol. The molecule has 0 fully saturated rings. The van der Waals surface area contributed by atoms with Crippen LogP contribution in [0.5, 0.6) is 0 Å². The lowest BCUT2D eigenvalue weighted by atomic mass is 10.5. The fourth-order valence-corrected chi connectivity index (χ4v) is 1.39. The maximum absolute atomic E-state index is 10.1. The number of hydrogen-bond acceptors (Lipinski definition) is 4. The summed E-state index contributed by atoms with van der Waals surface area (Å²) in [5.41, 5.74) is 5.20. The van der Waals surface area contributed by atoms with E-state index in [4.69, 9.17) is 16.2 Å². The van der Waals surface area contributed by atoms with Gasteiger partial charge in [0.2, 0.25) is 0 Å². The van der Waals surface area contributed by atoms with Gasteiger partial charge in [-0.2, -0.15) is 0 Å². The topological polar surface area (TPSA) is 112 Å². The van der Waals surface area contributed by atoms with Gasteiger partial charge in [0.25, 0.3) is 0 Å². The molecule has 0 radical (unpaired) electrons. The molecule has 1 aromatic rings. The maximum Gasteiger partial charge on any atom is 0.405 e. The number of amides is 1. The number of carboxylic acid groups (broad SMARTS) is 1. The first-order valence-electron chi connectivity index (χ1n) is 3.35. The fraction of sp³-hybridized carbons (Fsp3) is 0.167. The highest BCUT2D eigenvalue weighted by molar-refractivity contribution is 7.13. The molecule has 1 heterocycles. The first-order chi connectivity index (χ1) is 6.09. The van der Waals surface area contributed by atoms with Crippen molar-refractivity contribution in [1.82, 2.24) is 10.3 Å². The van der Waals surface area contributed by atoms with Gasteiger partial charge >= 0.3 is 6.09 Å². The third kappa shape index (κ3) is 2.71. The average Bonchev–Trinajstić information content (AvgIpc) is 2.48. The summed E-state index contributed by atoms with van der Waals surface area (Å²) in [5.74, 6) is -0.0564. The molecule has 0 saturated carbocycles. The highest BCUT2D eigenvalue weighted by Crippen LogP contribution is 2.11. The van der Waals surface area contributed by atoms with Gasteiger partial charge in [0, 0.05) is 6.20 Å². The molecular formula is C6H8N4O2S. The first kappa shape index (κ1) is 9.46. The minimum Gasteiger partial charge on any atom is -0.465 e. The monoisotopic (exact) mass is 200 g/mol. The minimum atomic E-state index is -1.10. The van der Waals surface area contributed by atoms with E-state index in [1.807, 2.05) is 0 Å². The molecule has 1 amide bonds. The number of carbonyl (C=O) groups is 1. The Balaban J connectivity index is 2.59. The molecule has 6 nitrogen and oxygen atoms in total. The summed E-state index contributed by atoms with van der Waals surface area (Å²) in [4.78, 5) is 14.5.